The Morgan fingerprint density at radius 2 is 1.94 bits per heavy atom. The lowest BCUT2D eigenvalue weighted by Crippen LogP contribution is -2.20. The standard InChI is InChI=1S/C26H30FN7O.H2S/c1-16(2)8-9-34-14-18(12-33-34)22-10-23(32-15-31-22)29-11-17(3)19-6-5-7-20-24(26(35)28-4)21(27)13-30-25(19)20;/h5-7,10,12-17H,8-9,11H2,1-4H3,(H,28,35)(H,29,31,32);1H2/t17-;/m1./s1. The van der Waals surface area contributed by atoms with E-state index in [1.807, 2.05) is 42.2 Å². The van der Waals surface area contributed by atoms with Crippen LogP contribution in [0.2, 0.25) is 0 Å². The fourth-order valence-electron chi connectivity index (χ4n) is 3.96. The normalized spacial score (nSPS) is 11.8. The molecule has 3 aromatic heterocycles. The first-order chi connectivity index (χ1) is 16.9. The first-order valence-electron chi connectivity index (χ1n) is 11.7. The van der Waals surface area contributed by atoms with Gasteiger partial charge in [-0.15, -0.1) is 0 Å². The number of amides is 1. The van der Waals surface area contributed by atoms with Crippen LogP contribution in [0.5, 0.6) is 0 Å². The number of nitrogens with one attached hydrogen (secondary N) is 2. The van der Waals surface area contributed by atoms with E-state index in [1.165, 1.54) is 13.4 Å². The second kappa shape index (κ2) is 11.9. The van der Waals surface area contributed by atoms with Gasteiger partial charge < -0.3 is 10.6 Å². The highest BCUT2D eigenvalue weighted by Gasteiger charge is 2.19. The molecule has 0 fully saturated rings. The maximum absolute atomic E-state index is 14.4. The van der Waals surface area contributed by atoms with E-state index in [9.17, 15) is 9.18 Å². The zero-order valence-corrected chi connectivity index (χ0v) is 21.9. The summed E-state index contributed by atoms with van der Waals surface area (Å²) in [5.41, 5.74) is 3.27. The van der Waals surface area contributed by atoms with Gasteiger partial charge in [0.25, 0.3) is 5.91 Å². The SMILES string of the molecule is CNC(=O)c1c(F)cnc2c([C@H](C)CNc3cc(-c4cnn(CCC(C)C)c4)ncn3)cccc12.S. The Morgan fingerprint density at radius 3 is 2.69 bits per heavy atom. The van der Waals surface area contributed by atoms with Gasteiger partial charge in [0.15, 0.2) is 5.82 Å². The Labute approximate surface area is 217 Å². The Hall–Kier alpha value is -3.53. The molecule has 0 aliphatic heterocycles. The van der Waals surface area contributed by atoms with Gasteiger partial charge in [-0.25, -0.2) is 14.4 Å². The molecule has 3 heterocycles. The molecule has 0 aliphatic carbocycles. The third-order valence-corrected chi connectivity index (χ3v) is 5.99. The lowest BCUT2D eigenvalue weighted by atomic mass is 9.96. The molecule has 0 saturated heterocycles. The predicted octanol–water partition coefficient (Wildman–Crippen LogP) is 4.76. The molecule has 1 aromatic carbocycles. The van der Waals surface area contributed by atoms with E-state index in [-0.39, 0.29) is 25.0 Å². The molecule has 4 rings (SSSR count). The first-order valence-corrected chi connectivity index (χ1v) is 11.7. The van der Waals surface area contributed by atoms with Crippen LogP contribution >= 0.6 is 13.5 Å². The molecule has 0 saturated carbocycles. The van der Waals surface area contributed by atoms with Crippen LogP contribution in [0.1, 0.15) is 49.0 Å². The van der Waals surface area contributed by atoms with Gasteiger partial charge in [0.2, 0.25) is 0 Å². The van der Waals surface area contributed by atoms with Crippen molar-refractivity contribution >= 4 is 36.1 Å². The van der Waals surface area contributed by atoms with Crippen LogP contribution in [0, 0.1) is 11.7 Å². The van der Waals surface area contributed by atoms with Crippen LogP contribution in [0.3, 0.4) is 0 Å². The lowest BCUT2D eigenvalue weighted by molar-refractivity contribution is 0.0960. The van der Waals surface area contributed by atoms with E-state index in [2.05, 4.69) is 44.5 Å². The largest absolute Gasteiger partial charge is 0.369 e. The van der Waals surface area contributed by atoms with Gasteiger partial charge in [0.05, 0.1) is 29.2 Å². The molecule has 0 spiro atoms. The minimum atomic E-state index is -0.638. The second-order valence-electron chi connectivity index (χ2n) is 9.05. The van der Waals surface area contributed by atoms with Gasteiger partial charge in [0, 0.05) is 49.3 Å². The van der Waals surface area contributed by atoms with Crippen molar-refractivity contribution in [1.29, 1.82) is 0 Å². The summed E-state index contributed by atoms with van der Waals surface area (Å²) in [6.07, 6.45) is 7.53. The van der Waals surface area contributed by atoms with Crippen molar-refractivity contribution in [1.82, 2.24) is 30.0 Å². The smallest absolute Gasteiger partial charge is 0.254 e. The van der Waals surface area contributed by atoms with Crippen molar-refractivity contribution in [3.05, 3.63) is 66.1 Å². The van der Waals surface area contributed by atoms with Crippen LogP contribution in [0.15, 0.2) is 49.2 Å². The molecule has 4 aromatic rings. The minimum absolute atomic E-state index is 0. The van der Waals surface area contributed by atoms with Crippen molar-refractivity contribution in [3.63, 3.8) is 0 Å². The van der Waals surface area contributed by atoms with Crippen molar-refractivity contribution < 1.29 is 9.18 Å². The number of nitrogens with zero attached hydrogens (tertiary/aromatic N) is 5. The van der Waals surface area contributed by atoms with Crippen LogP contribution in [0.4, 0.5) is 10.2 Å². The van der Waals surface area contributed by atoms with E-state index >= 15 is 0 Å². The number of aryl methyl sites for hydroxylation is 1. The van der Waals surface area contributed by atoms with Gasteiger partial charge in [0.1, 0.15) is 12.1 Å². The molecule has 2 N–H and O–H groups in total. The lowest BCUT2D eigenvalue weighted by Gasteiger charge is -2.16. The molecule has 10 heteroatoms. The van der Waals surface area contributed by atoms with Crippen LogP contribution in [-0.2, 0) is 6.54 Å². The molecule has 0 unspecified atom stereocenters. The number of pyridine rings is 1. The van der Waals surface area contributed by atoms with E-state index in [0.717, 1.165) is 36.0 Å². The minimum Gasteiger partial charge on any atom is -0.369 e. The Bertz CT molecular complexity index is 1340. The maximum Gasteiger partial charge on any atom is 0.254 e. The second-order valence-corrected chi connectivity index (χ2v) is 9.05. The molecule has 190 valence electrons. The van der Waals surface area contributed by atoms with Gasteiger partial charge in [-0.1, -0.05) is 39.0 Å². The Kier molecular flexibility index (Phi) is 8.98. The monoisotopic (exact) mass is 509 g/mol. The molecule has 0 bridgehead atoms. The quantitative estimate of drug-likeness (QED) is 0.338. The summed E-state index contributed by atoms with van der Waals surface area (Å²) in [6.45, 7) is 7.88. The van der Waals surface area contributed by atoms with Gasteiger partial charge >= 0.3 is 0 Å². The van der Waals surface area contributed by atoms with Crippen molar-refractivity contribution in [2.24, 2.45) is 5.92 Å². The fourth-order valence-corrected chi connectivity index (χ4v) is 3.96. The highest BCUT2D eigenvalue weighted by atomic mass is 32.1. The molecule has 1 amide bonds. The van der Waals surface area contributed by atoms with Crippen molar-refractivity contribution in [2.75, 3.05) is 18.9 Å². The average molecular weight is 510 g/mol. The molecular formula is C26H32FN7OS. The molecule has 1 atom stereocenters. The molecule has 8 nitrogen and oxygen atoms in total. The number of carbonyl (C=O) groups is 1. The number of rotatable bonds is 9. The van der Waals surface area contributed by atoms with Crippen molar-refractivity contribution in [2.45, 2.75) is 39.7 Å². The number of anilines is 1. The zero-order valence-electron chi connectivity index (χ0n) is 20.9. The zero-order chi connectivity index (χ0) is 24.9. The third kappa shape index (κ3) is 5.99. The van der Waals surface area contributed by atoms with Crippen LogP contribution in [-0.4, -0.2) is 44.2 Å². The van der Waals surface area contributed by atoms with E-state index in [4.69, 9.17) is 0 Å². The predicted molar refractivity (Wildman–Crippen MR) is 145 cm³/mol. The number of aromatic nitrogens is 5. The number of benzene rings is 1. The number of hydrogen-bond donors (Lipinski definition) is 2. The van der Waals surface area contributed by atoms with Gasteiger partial charge in [-0.3, -0.25) is 14.5 Å². The fraction of sp³-hybridized carbons (Fsp3) is 0.346. The third-order valence-electron chi connectivity index (χ3n) is 5.99. The van der Waals surface area contributed by atoms with Gasteiger partial charge in [-0.2, -0.15) is 18.6 Å². The molecule has 36 heavy (non-hydrogen) atoms. The Morgan fingerprint density at radius 1 is 1.14 bits per heavy atom. The maximum atomic E-state index is 14.4. The van der Waals surface area contributed by atoms with E-state index in [0.29, 0.717) is 29.2 Å². The number of carbonyl (C=O) groups excluding carboxylic acids is 1. The molecule has 0 aliphatic rings. The summed E-state index contributed by atoms with van der Waals surface area (Å²) in [5, 5.41) is 10.8. The summed E-state index contributed by atoms with van der Waals surface area (Å²) in [5.74, 6) is 0.221. The number of para-hydroxylation sites is 1. The Balaban J connectivity index is 0.00000361. The summed E-state index contributed by atoms with van der Waals surface area (Å²) < 4.78 is 16.3. The number of hydrogen-bond acceptors (Lipinski definition) is 6. The topological polar surface area (TPSA) is 97.6 Å². The highest BCUT2D eigenvalue weighted by molar-refractivity contribution is 7.59. The molecular weight excluding hydrogens is 477 g/mol. The summed E-state index contributed by atoms with van der Waals surface area (Å²) >= 11 is 0. The van der Waals surface area contributed by atoms with Gasteiger partial charge in [-0.05, 0) is 17.9 Å². The number of fused-ring (bicyclic) bond motifs is 1. The summed E-state index contributed by atoms with van der Waals surface area (Å²) in [6, 6.07) is 7.39. The average Bonchev–Trinajstić information content (AvgIpc) is 3.34. The molecule has 0 radical (unpaired) electrons. The highest BCUT2D eigenvalue weighted by Crippen LogP contribution is 2.28. The van der Waals surface area contributed by atoms with Crippen LogP contribution in [0.25, 0.3) is 22.2 Å². The number of halogens is 1. The first kappa shape index (κ1) is 27.1. The van der Waals surface area contributed by atoms with Crippen molar-refractivity contribution in [3.8, 4) is 11.3 Å². The van der Waals surface area contributed by atoms with Crippen LogP contribution < -0.4 is 10.6 Å². The van der Waals surface area contributed by atoms with E-state index in [1.54, 1.807) is 6.07 Å². The summed E-state index contributed by atoms with van der Waals surface area (Å²) in [4.78, 5) is 25.3. The van der Waals surface area contributed by atoms with E-state index < -0.39 is 11.7 Å². The summed E-state index contributed by atoms with van der Waals surface area (Å²) in [7, 11) is 1.48.